The van der Waals surface area contributed by atoms with Crippen molar-refractivity contribution in [2.75, 3.05) is 6.61 Å². The summed E-state index contributed by atoms with van der Waals surface area (Å²) in [5.74, 6) is -0.0910. The van der Waals surface area contributed by atoms with Crippen molar-refractivity contribution in [3.05, 3.63) is 134 Å². The van der Waals surface area contributed by atoms with Crippen LogP contribution in [0.15, 0.2) is 134 Å². The summed E-state index contributed by atoms with van der Waals surface area (Å²) in [6.07, 6.45) is 93.3. The Balaban J connectivity index is 3.66. The van der Waals surface area contributed by atoms with Crippen molar-refractivity contribution in [3.63, 3.8) is 0 Å². The lowest BCUT2D eigenvalue weighted by Crippen LogP contribution is -2.45. The molecule has 2 atom stereocenters. The third kappa shape index (κ3) is 55.5. The SMILES string of the molecule is CC/C=C\C/C=C\C/C=C\C/C=C\C/C=C\C/C=C\C/C=C\C/C=C\CCCCCCCCCCC(=O)NC(CO)C(O)/C=C/CC/C=C/CC/C=C/CCCCCCCCCCCCCCCCC. The van der Waals surface area contributed by atoms with Crippen LogP contribution >= 0.6 is 0 Å². The fourth-order valence-electron chi connectivity index (χ4n) is 8.17. The minimum absolute atomic E-state index is 0.0910. The molecule has 4 heteroatoms. The minimum atomic E-state index is -0.885. The Bertz CT molecular complexity index is 1420. The molecule has 0 aromatic rings. The second-order valence-corrected chi connectivity index (χ2v) is 19.3. The maximum Gasteiger partial charge on any atom is 0.220 e. The van der Waals surface area contributed by atoms with Crippen molar-refractivity contribution in [2.24, 2.45) is 0 Å². The van der Waals surface area contributed by atoms with Crippen LogP contribution in [0.25, 0.3) is 0 Å². The highest BCUT2D eigenvalue weighted by molar-refractivity contribution is 5.76. The first kappa shape index (κ1) is 66.5. The van der Waals surface area contributed by atoms with Gasteiger partial charge in [0, 0.05) is 6.42 Å². The van der Waals surface area contributed by atoms with E-state index in [1.165, 1.54) is 135 Å². The predicted octanol–water partition coefficient (Wildman–Crippen LogP) is 19.8. The highest BCUT2D eigenvalue weighted by Gasteiger charge is 2.17. The molecule has 0 aromatic carbocycles. The molecule has 0 saturated carbocycles. The monoisotopic (exact) mass is 966 g/mol. The van der Waals surface area contributed by atoms with Gasteiger partial charge in [-0.1, -0.05) is 276 Å². The summed E-state index contributed by atoms with van der Waals surface area (Å²) in [4.78, 5) is 12.5. The molecule has 70 heavy (non-hydrogen) atoms. The minimum Gasteiger partial charge on any atom is -0.394 e. The zero-order valence-corrected chi connectivity index (χ0v) is 45.7. The Morgan fingerprint density at radius 2 is 0.643 bits per heavy atom. The van der Waals surface area contributed by atoms with Gasteiger partial charge in [0.25, 0.3) is 0 Å². The molecule has 4 nitrogen and oxygen atoms in total. The van der Waals surface area contributed by atoms with Crippen molar-refractivity contribution >= 4 is 5.91 Å². The predicted molar refractivity (Wildman–Crippen MR) is 312 cm³/mol. The number of amides is 1. The van der Waals surface area contributed by atoms with Crippen molar-refractivity contribution in [1.82, 2.24) is 5.32 Å². The molecular formula is C66H111NO3. The summed E-state index contributed by atoms with van der Waals surface area (Å²) >= 11 is 0. The smallest absolute Gasteiger partial charge is 0.220 e. The average molecular weight is 967 g/mol. The third-order valence-electron chi connectivity index (χ3n) is 12.6. The number of unbranched alkanes of at least 4 members (excludes halogenated alkanes) is 25. The number of carbonyl (C=O) groups excluding carboxylic acids is 1. The molecule has 2 unspecified atom stereocenters. The van der Waals surface area contributed by atoms with Gasteiger partial charge in [-0.05, 0) is 109 Å². The maximum absolute atomic E-state index is 12.5. The Labute approximate surface area is 434 Å². The third-order valence-corrected chi connectivity index (χ3v) is 12.6. The van der Waals surface area contributed by atoms with Gasteiger partial charge in [-0.2, -0.15) is 0 Å². The van der Waals surface area contributed by atoms with Gasteiger partial charge in [0.1, 0.15) is 0 Å². The molecule has 0 fully saturated rings. The van der Waals surface area contributed by atoms with E-state index >= 15 is 0 Å². The number of aliphatic hydroxyl groups is 2. The Morgan fingerprint density at radius 1 is 0.357 bits per heavy atom. The fourth-order valence-corrected chi connectivity index (χ4v) is 8.17. The molecule has 0 aromatic heterocycles. The topological polar surface area (TPSA) is 69.6 Å². The second-order valence-electron chi connectivity index (χ2n) is 19.3. The number of hydrogen-bond acceptors (Lipinski definition) is 3. The molecule has 0 radical (unpaired) electrons. The first-order valence-corrected chi connectivity index (χ1v) is 29.4. The van der Waals surface area contributed by atoms with E-state index in [9.17, 15) is 15.0 Å². The van der Waals surface area contributed by atoms with Crippen molar-refractivity contribution < 1.29 is 15.0 Å². The summed E-state index contributed by atoms with van der Waals surface area (Å²) in [5.41, 5.74) is 0. The molecule has 0 aliphatic rings. The molecular weight excluding hydrogens is 855 g/mol. The van der Waals surface area contributed by atoms with Gasteiger partial charge >= 0.3 is 0 Å². The van der Waals surface area contributed by atoms with Crippen LogP contribution in [0.1, 0.15) is 258 Å². The molecule has 0 bridgehead atoms. The van der Waals surface area contributed by atoms with Crippen LogP contribution in [-0.4, -0.2) is 34.9 Å². The number of nitrogens with one attached hydrogen (secondary N) is 1. The lowest BCUT2D eigenvalue weighted by molar-refractivity contribution is -0.123. The highest BCUT2D eigenvalue weighted by Crippen LogP contribution is 2.15. The summed E-state index contributed by atoms with van der Waals surface area (Å²) in [5, 5.41) is 23.2. The fraction of sp³-hybridized carbons (Fsp3) is 0.652. The summed E-state index contributed by atoms with van der Waals surface area (Å²) in [7, 11) is 0. The van der Waals surface area contributed by atoms with Crippen molar-refractivity contribution in [1.29, 1.82) is 0 Å². The largest absolute Gasteiger partial charge is 0.394 e. The standard InChI is InChI=1S/C66H111NO3/c1-3-5-7-9-11-13-15-17-19-21-23-25-27-29-30-31-32-33-34-35-36-38-40-42-44-46-48-50-52-54-56-58-60-62-66(70)67-64(63-68)65(69)61-59-57-55-53-51-49-47-45-43-41-39-37-28-26-24-22-20-18-16-14-12-10-8-6-4-2/h5,7,11,13,17,19,23,25,29-30,32-33,35-36,40,42-43,45,51,53,59,61,64-65,68-69H,3-4,6,8-10,12,14-16,18,20-22,24,26-28,31,34,37-39,41,44,46-50,52,54-58,60,62-63H2,1-2H3,(H,67,70)/b7-5-,13-11-,19-17-,25-23-,30-29-,33-32-,36-35-,42-40-,45-43+,53-51+,61-59+. The molecule has 1 amide bonds. The molecule has 0 saturated heterocycles. The molecule has 0 spiro atoms. The lowest BCUT2D eigenvalue weighted by Gasteiger charge is -2.19. The van der Waals surface area contributed by atoms with Gasteiger partial charge in [0.2, 0.25) is 5.91 Å². The van der Waals surface area contributed by atoms with E-state index in [2.05, 4.69) is 141 Å². The van der Waals surface area contributed by atoms with Crippen LogP contribution in [0.4, 0.5) is 0 Å². The Kier molecular flexibility index (Phi) is 56.9. The number of hydrogen-bond donors (Lipinski definition) is 3. The van der Waals surface area contributed by atoms with E-state index < -0.39 is 12.1 Å². The molecule has 3 N–H and O–H groups in total. The quantitative estimate of drug-likeness (QED) is 0.0420. The molecule has 0 aliphatic heterocycles. The number of carbonyl (C=O) groups is 1. The first-order valence-electron chi connectivity index (χ1n) is 29.4. The molecule has 0 heterocycles. The summed E-state index contributed by atoms with van der Waals surface area (Å²) < 4.78 is 0. The van der Waals surface area contributed by atoms with Crippen LogP contribution in [0.3, 0.4) is 0 Å². The van der Waals surface area contributed by atoms with E-state index in [1.807, 2.05) is 6.08 Å². The molecule has 398 valence electrons. The average Bonchev–Trinajstić information content (AvgIpc) is 3.36. The van der Waals surface area contributed by atoms with Crippen LogP contribution in [-0.2, 0) is 4.79 Å². The zero-order valence-electron chi connectivity index (χ0n) is 45.7. The summed E-state index contributed by atoms with van der Waals surface area (Å²) in [6.45, 7) is 4.18. The highest BCUT2D eigenvalue weighted by atomic mass is 16.3. The van der Waals surface area contributed by atoms with Crippen molar-refractivity contribution in [3.8, 4) is 0 Å². The van der Waals surface area contributed by atoms with Gasteiger partial charge in [-0.25, -0.2) is 0 Å². The van der Waals surface area contributed by atoms with E-state index in [0.717, 1.165) is 103 Å². The first-order chi connectivity index (χ1) is 34.7. The van der Waals surface area contributed by atoms with Crippen LogP contribution in [0, 0.1) is 0 Å². The van der Waals surface area contributed by atoms with Gasteiger partial charge in [0.05, 0.1) is 18.8 Å². The van der Waals surface area contributed by atoms with E-state index in [-0.39, 0.29) is 12.5 Å². The normalized spacial score (nSPS) is 13.8. The summed E-state index contributed by atoms with van der Waals surface area (Å²) in [6, 6.07) is -0.661. The van der Waals surface area contributed by atoms with E-state index in [0.29, 0.717) is 6.42 Å². The van der Waals surface area contributed by atoms with E-state index in [1.54, 1.807) is 6.08 Å². The lowest BCUT2D eigenvalue weighted by atomic mass is 10.0. The van der Waals surface area contributed by atoms with Crippen LogP contribution < -0.4 is 5.32 Å². The Morgan fingerprint density at radius 3 is 1.00 bits per heavy atom. The van der Waals surface area contributed by atoms with Gasteiger partial charge < -0.3 is 15.5 Å². The van der Waals surface area contributed by atoms with E-state index in [4.69, 9.17) is 0 Å². The van der Waals surface area contributed by atoms with Gasteiger partial charge in [0.15, 0.2) is 0 Å². The Hall–Kier alpha value is -3.47. The van der Waals surface area contributed by atoms with Gasteiger partial charge in [-0.3, -0.25) is 4.79 Å². The zero-order chi connectivity index (χ0) is 50.6. The molecule has 0 rings (SSSR count). The molecule has 0 aliphatic carbocycles. The van der Waals surface area contributed by atoms with Crippen LogP contribution in [0.5, 0.6) is 0 Å². The van der Waals surface area contributed by atoms with Crippen LogP contribution in [0.2, 0.25) is 0 Å². The second kappa shape index (κ2) is 59.8. The maximum atomic E-state index is 12.5. The van der Waals surface area contributed by atoms with Crippen molar-refractivity contribution in [2.45, 2.75) is 270 Å². The van der Waals surface area contributed by atoms with Gasteiger partial charge in [-0.15, -0.1) is 0 Å². The number of rotatable bonds is 52. The number of allylic oxidation sites excluding steroid dienone is 21. The number of aliphatic hydroxyl groups excluding tert-OH is 2.